The van der Waals surface area contributed by atoms with Gasteiger partial charge in [-0.05, 0) is 43.5 Å². The Morgan fingerprint density at radius 2 is 2.00 bits per heavy atom. The average molecular weight is 387 g/mol. The summed E-state index contributed by atoms with van der Waals surface area (Å²) in [6.45, 7) is 2.31. The van der Waals surface area contributed by atoms with Crippen molar-refractivity contribution in [3.63, 3.8) is 0 Å². The maximum Gasteiger partial charge on any atom is 0.417 e. The Kier molecular flexibility index (Phi) is 6.85. The van der Waals surface area contributed by atoms with Crippen LogP contribution in [-0.4, -0.2) is 17.5 Å². The number of benzene rings is 1. The Labute approximate surface area is 154 Å². The normalized spacial score (nSPS) is 11.3. The minimum absolute atomic E-state index is 0.0888. The zero-order valence-corrected chi connectivity index (χ0v) is 14.8. The summed E-state index contributed by atoms with van der Waals surface area (Å²) in [5.74, 6) is 0.407. The van der Waals surface area contributed by atoms with Gasteiger partial charge in [-0.3, -0.25) is 4.79 Å². The molecule has 0 bridgehead atoms. The van der Waals surface area contributed by atoms with Crippen molar-refractivity contribution in [3.8, 4) is 5.75 Å². The van der Waals surface area contributed by atoms with Crippen LogP contribution in [0, 0.1) is 6.92 Å². The number of aryl methyl sites for hydroxylation is 1. The van der Waals surface area contributed by atoms with E-state index in [1.165, 1.54) is 0 Å². The molecule has 26 heavy (non-hydrogen) atoms. The van der Waals surface area contributed by atoms with E-state index in [-0.39, 0.29) is 18.1 Å². The second kappa shape index (κ2) is 8.89. The first-order valence-electron chi connectivity index (χ1n) is 7.98. The van der Waals surface area contributed by atoms with Crippen LogP contribution in [0.2, 0.25) is 5.02 Å². The number of carbonyl (C=O) groups excluding carboxylic acids is 1. The van der Waals surface area contributed by atoms with Gasteiger partial charge >= 0.3 is 6.18 Å². The third-order valence-electron chi connectivity index (χ3n) is 3.57. The van der Waals surface area contributed by atoms with Gasteiger partial charge in [-0.25, -0.2) is 4.98 Å². The molecule has 0 radical (unpaired) electrons. The Morgan fingerprint density at radius 3 is 2.62 bits per heavy atom. The van der Waals surface area contributed by atoms with Gasteiger partial charge in [-0.2, -0.15) is 13.2 Å². The molecule has 0 saturated carbocycles. The van der Waals surface area contributed by atoms with Gasteiger partial charge in [0, 0.05) is 12.6 Å². The molecule has 0 spiro atoms. The molecule has 1 aromatic carbocycles. The highest BCUT2D eigenvalue weighted by Gasteiger charge is 2.30. The standard InChI is InChI=1S/C18H18ClF3N2O2/c1-12-5-4-6-14(19)17(12)26-10-3-2-7-16(25)24-15-9-8-13(11-23-15)18(20,21)22/h4-6,8-9,11H,2-3,7,10H2,1H3,(H,23,24,25). The van der Waals surface area contributed by atoms with Crippen molar-refractivity contribution in [2.75, 3.05) is 11.9 Å². The predicted octanol–water partition coefficient (Wildman–Crippen LogP) is 5.25. The van der Waals surface area contributed by atoms with Crippen molar-refractivity contribution in [1.29, 1.82) is 0 Å². The topological polar surface area (TPSA) is 51.2 Å². The number of ether oxygens (including phenoxy) is 1. The first kappa shape index (κ1) is 20.0. The summed E-state index contributed by atoms with van der Waals surface area (Å²) in [6.07, 6.45) is -2.34. The van der Waals surface area contributed by atoms with Crippen LogP contribution in [0.15, 0.2) is 36.5 Å². The molecule has 0 saturated heterocycles. The van der Waals surface area contributed by atoms with Crippen molar-refractivity contribution >= 4 is 23.3 Å². The highest BCUT2D eigenvalue weighted by molar-refractivity contribution is 6.32. The van der Waals surface area contributed by atoms with Gasteiger partial charge in [0.15, 0.2) is 0 Å². The number of hydrogen-bond acceptors (Lipinski definition) is 3. The number of amides is 1. The Hall–Kier alpha value is -2.28. The maximum absolute atomic E-state index is 12.4. The SMILES string of the molecule is Cc1cccc(Cl)c1OCCCCC(=O)Nc1ccc(C(F)(F)F)cn1. The largest absolute Gasteiger partial charge is 0.492 e. The Bertz CT molecular complexity index is 729. The number of unbranched alkanes of at least 4 members (excludes halogenated alkanes) is 1. The third kappa shape index (κ3) is 5.91. The van der Waals surface area contributed by atoms with Gasteiger partial charge in [0.05, 0.1) is 17.2 Å². The molecule has 2 aromatic rings. The number of hydrogen-bond donors (Lipinski definition) is 1. The van der Waals surface area contributed by atoms with Crippen LogP contribution in [0.3, 0.4) is 0 Å². The molecule has 2 rings (SSSR count). The van der Waals surface area contributed by atoms with Gasteiger partial charge in [0.2, 0.25) is 5.91 Å². The van der Waals surface area contributed by atoms with Gasteiger partial charge in [0.25, 0.3) is 0 Å². The van der Waals surface area contributed by atoms with Crippen LogP contribution in [0.4, 0.5) is 19.0 Å². The molecule has 140 valence electrons. The lowest BCUT2D eigenvalue weighted by Crippen LogP contribution is -2.13. The van der Waals surface area contributed by atoms with Gasteiger partial charge in [-0.15, -0.1) is 0 Å². The molecular formula is C18H18ClF3N2O2. The van der Waals surface area contributed by atoms with Crippen molar-refractivity contribution in [2.45, 2.75) is 32.4 Å². The van der Waals surface area contributed by atoms with Gasteiger partial charge in [-0.1, -0.05) is 23.7 Å². The van der Waals surface area contributed by atoms with Crippen molar-refractivity contribution in [2.24, 2.45) is 0 Å². The van der Waals surface area contributed by atoms with E-state index in [1.54, 1.807) is 6.07 Å². The van der Waals surface area contributed by atoms with Crippen LogP contribution >= 0.6 is 11.6 Å². The van der Waals surface area contributed by atoms with E-state index in [2.05, 4.69) is 10.3 Å². The molecule has 1 aromatic heterocycles. The molecule has 4 nitrogen and oxygen atoms in total. The monoisotopic (exact) mass is 386 g/mol. The Balaban J connectivity index is 1.71. The number of pyridine rings is 1. The number of halogens is 4. The number of nitrogens with zero attached hydrogens (tertiary/aromatic N) is 1. The van der Waals surface area contributed by atoms with E-state index in [1.807, 2.05) is 19.1 Å². The fourth-order valence-corrected chi connectivity index (χ4v) is 2.48. The molecule has 0 atom stereocenters. The number of para-hydroxylation sites is 1. The second-order valence-corrected chi connectivity index (χ2v) is 6.08. The summed E-state index contributed by atoms with van der Waals surface area (Å²) in [6, 6.07) is 7.48. The quantitative estimate of drug-likeness (QED) is 0.661. The molecule has 0 fully saturated rings. The molecule has 0 aliphatic heterocycles. The summed E-state index contributed by atoms with van der Waals surface area (Å²) in [5.41, 5.74) is 0.0751. The maximum atomic E-state index is 12.4. The number of carbonyl (C=O) groups is 1. The van der Waals surface area contributed by atoms with E-state index in [0.717, 1.165) is 17.7 Å². The summed E-state index contributed by atoms with van der Waals surface area (Å²) in [7, 11) is 0. The van der Waals surface area contributed by atoms with Crippen molar-refractivity contribution in [1.82, 2.24) is 4.98 Å². The third-order valence-corrected chi connectivity index (χ3v) is 3.86. The predicted molar refractivity (Wildman–Crippen MR) is 93.4 cm³/mol. The summed E-state index contributed by atoms with van der Waals surface area (Å²) in [4.78, 5) is 15.4. The van der Waals surface area contributed by atoms with Crippen LogP contribution in [0.1, 0.15) is 30.4 Å². The molecule has 0 aliphatic rings. The minimum Gasteiger partial charge on any atom is -0.492 e. The van der Waals surface area contributed by atoms with Gasteiger partial charge in [0.1, 0.15) is 11.6 Å². The second-order valence-electron chi connectivity index (χ2n) is 5.67. The molecular weight excluding hydrogens is 369 g/mol. The Morgan fingerprint density at radius 1 is 1.23 bits per heavy atom. The highest BCUT2D eigenvalue weighted by Crippen LogP contribution is 2.29. The molecule has 1 heterocycles. The number of nitrogens with one attached hydrogen (secondary N) is 1. The van der Waals surface area contributed by atoms with E-state index in [4.69, 9.17) is 16.3 Å². The van der Waals surface area contributed by atoms with E-state index in [0.29, 0.717) is 36.4 Å². The molecule has 0 aliphatic carbocycles. The first-order valence-corrected chi connectivity index (χ1v) is 8.36. The molecule has 0 unspecified atom stereocenters. The average Bonchev–Trinajstić information content (AvgIpc) is 2.56. The number of alkyl halides is 3. The van der Waals surface area contributed by atoms with Crippen molar-refractivity contribution < 1.29 is 22.7 Å². The smallest absolute Gasteiger partial charge is 0.417 e. The molecule has 1 N–H and O–H groups in total. The van der Waals surface area contributed by atoms with Crippen LogP contribution in [0.25, 0.3) is 0 Å². The highest BCUT2D eigenvalue weighted by atomic mass is 35.5. The van der Waals surface area contributed by atoms with E-state index >= 15 is 0 Å². The van der Waals surface area contributed by atoms with Gasteiger partial charge < -0.3 is 10.1 Å². The summed E-state index contributed by atoms with van der Waals surface area (Å²) < 4.78 is 43.0. The number of aromatic nitrogens is 1. The first-order chi connectivity index (χ1) is 12.3. The number of rotatable bonds is 7. The minimum atomic E-state index is -4.45. The van der Waals surface area contributed by atoms with Crippen molar-refractivity contribution in [3.05, 3.63) is 52.7 Å². The molecule has 1 amide bonds. The summed E-state index contributed by atoms with van der Waals surface area (Å²) in [5, 5.41) is 3.01. The summed E-state index contributed by atoms with van der Waals surface area (Å²) >= 11 is 6.06. The lowest BCUT2D eigenvalue weighted by atomic mass is 10.2. The van der Waals surface area contributed by atoms with E-state index < -0.39 is 11.7 Å². The van der Waals surface area contributed by atoms with Crippen LogP contribution in [-0.2, 0) is 11.0 Å². The lowest BCUT2D eigenvalue weighted by molar-refractivity contribution is -0.137. The van der Waals surface area contributed by atoms with Crippen LogP contribution in [0.5, 0.6) is 5.75 Å². The van der Waals surface area contributed by atoms with Crippen LogP contribution < -0.4 is 10.1 Å². The number of anilines is 1. The lowest BCUT2D eigenvalue weighted by Gasteiger charge is -2.10. The van der Waals surface area contributed by atoms with E-state index in [9.17, 15) is 18.0 Å². The zero-order chi connectivity index (χ0) is 19.2. The zero-order valence-electron chi connectivity index (χ0n) is 14.1. The fraction of sp³-hybridized carbons (Fsp3) is 0.333. The fourth-order valence-electron chi connectivity index (χ4n) is 2.20. The molecule has 8 heteroatoms.